The van der Waals surface area contributed by atoms with Crippen LogP contribution in [0.2, 0.25) is 0 Å². The van der Waals surface area contributed by atoms with E-state index in [1.807, 2.05) is 0 Å². The first kappa shape index (κ1) is 23.8. The summed E-state index contributed by atoms with van der Waals surface area (Å²) < 4.78 is 64.7. The average molecular weight is 485 g/mol. The van der Waals surface area contributed by atoms with Gasteiger partial charge in [0.1, 0.15) is 11.5 Å². The summed E-state index contributed by atoms with van der Waals surface area (Å²) in [5.74, 6) is -0.888. The zero-order valence-corrected chi connectivity index (χ0v) is 18.9. The minimum atomic E-state index is -3.91. The molecule has 2 aromatic rings. The second-order valence-electron chi connectivity index (χ2n) is 6.91. The molecule has 1 aliphatic rings. The van der Waals surface area contributed by atoms with Crippen LogP contribution < -0.4 is 5.43 Å². The SMILES string of the molecule is CCN(CC)S(=O)(=O)c1ccc(NN=C2CCS(=O)(=O)c3ccc(F)cc32)c([N+](=O)[O-])c1. The summed E-state index contributed by atoms with van der Waals surface area (Å²) in [4.78, 5) is 10.5. The lowest BCUT2D eigenvalue weighted by Crippen LogP contribution is -2.30. The summed E-state index contributed by atoms with van der Waals surface area (Å²) >= 11 is 0. The molecule has 0 saturated carbocycles. The number of nitro groups is 1. The van der Waals surface area contributed by atoms with E-state index in [9.17, 15) is 31.3 Å². The van der Waals surface area contributed by atoms with Crippen molar-refractivity contribution in [3.05, 3.63) is 57.9 Å². The highest BCUT2D eigenvalue weighted by Crippen LogP contribution is 2.30. The molecule has 1 N–H and O–H groups in total. The minimum absolute atomic E-state index is 0.0198. The van der Waals surface area contributed by atoms with Crippen LogP contribution in [0.15, 0.2) is 51.3 Å². The molecule has 1 aliphatic heterocycles. The highest BCUT2D eigenvalue weighted by Gasteiger charge is 2.29. The monoisotopic (exact) mass is 484 g/mol. The van der Waals surface area contributed by atoms with Gasteiger partial charge in [-0.05, 0) is 30.3 Å². The molecule has 32 heavy (non-hydrogen) atoms. The van der Waals surface area contributed by atoms with Gasteiger partial charge in [-0.3, -0.25) is 15.5 Å². The third kappa shape index (κ3) is 4.49. The van der Waals surface area contributed by atoms with Gasteiger partial charge < -0.3 is 0 Å². The van der Waals surface area contributed by atoms with E-state index in [1.54, 1.807) is 13.8 Å². The normalized spacial score (nSPS) is 16.7. The van der Waals surface area contributed by atoms with Gasteiger partial charge in [0, 0.05) is 31.1 Å². The number of nitrogens with zero attached hydrogens (tertiary/aromatic N) is 3. The first-order valence-electron chi connectivity index (χ1n) is 9.65. The lowest BCUT2D eigenvalue weighted by molar-refractivity contribution is -0.384. The Bertz CT molecular complexity index is 1310. The molecule has 0 fully saturated rings. The molecular formula is C19H21FN4O6S2. The Labute approximate surface area is 184 Å². The number of nitrogens with one attached hydrogen (secondary N) is 1. The van der Waals surface area contributed by atoms with Crippen LogP contribution in [-0.4, -0.2) is 50.6 Å². The number of sulfonamides is 1. The maximum Gasteiger partial charge on any atom is 0.295 e. The van der Waals surface area contributed by atoms with E-state index in [2.05, 4.69) is 10.5 Å². The van der Waals surface area contributed by atoms with Gasteiger partial charge in [-0.2, -0.15) is 9.41 Å². The quantitative estimate of drug-likeness (QED) is 0.362. The van der Waals surface area contributed by atoms with Gasteiger partial charge in [-0.15, -0.1) is 0 Å². The Morgan fingerprint density at radius 1 is 1.19 bits per heavy atom. The number of sulfone groups is 1. The second kappa shape index (κ2) is 8.92. The Kier molecular flexibility index (Phi) is 6.62. The summed E-state index contributed by atoms with van der Waals surface area (Å²) in [5.41, 5.74) is 2.18. The van der Waals surface area contributed by atoms with Gasteiger partial charge in [0.2, 0.25) is 10.0 Å². The van der Waals surface area contributed by atoms with Crippen molar-refractivity contribution in [1.82, 2.24) is 4.31 Å². The first-order chi connectivity index (χ1) is 15.0. The van der Waals surface area contributed by atoms with Crippen molar-refractivity contribution in [3.8, 4) is 0 Å². The minimum Gasteiger partial charge on any atom is -0.271 e. The van der Waals surface area contributed by atoms with Crippen molar-refractivity contribution < 1.29 is 26.1 Å². The molecule has 0 unspecified atom stereocenters. The molecule has 0 radical (unpaired) electrons. The average Bonchev–Trinajstić information content (AvgIpc) is 2.73. The Balaban J connectivity index is 2.01. The predicted molar refractivity (Wildman–Crippen MR) is 116 cm³/mol. The Morgan fingerprint density at radius 2 is 1.88 bits per heavy atom. The van der Waals surface area contributed by atoms with Crippen molar-refractivity contribution in [2.75, 3.05) is 24.3 Å². The number of fused-ring (bicyclic) bond motifs is 1. The lowest BCUT2D eigenvalue weighted by Gasteiger charge is -2.19. The number of hydrogen-bond acceptors (Lipinski definition) is 8. The predicted octanol–water partition coefficient (Wildman–Crippen LogP) is 2.76. The molecule has 172 valence electrons. The van der Waals surface area contributed by atoms with Crippen molar-refractivity contribution in [2.45, 2.75) is 30.1 Å². The van der Waals surface area contributed by atoms with Crippen LogP contribution in [0.1, 0.15) is 25.8 Å². The van der Waals surface area contributed by atoms with Crippen LogP contribution in [0, 0.1) is 15.9 Å². The van der Waals surface area contributed by atoms with E-state index in [0.717, 1.165) is 24.3 Å². The molecule has 0 atom stereocenters. The van der Waals surface area contributed by atoms with Crippen molar-refractivity contribution in [3.63, 3.8) is 0 Å². The van der Waals surface area contributed by atoms with Crippen LogP contribution in [0.4, 0.5) is 15.8 Å². The summed E-state index contributed by atoms with van der Waals surface area (Å²) in [6.07, 6.45) is -0.0198. The standard InChI is InChI=1S/C19H21FN4O6S2/c1-3-23(4-2)32(29,30)14-6-7-17(18(12-14)24(25)26)22-21-16-9-10-31(27,28)19-8-5-13(20)11-15(16)19/h5-8,11-12,22H,3-4,9-10H2,1-2H3. The highest BCUT2D eigenvalue weighted by atomic mass is 32.2. The van der Waals surface area contributed by atoms with Gasteiger partial charge >= 0.3 is 0 Å². The van der Waals surface area contributed by atoms with E-state index < -0.39 is 36.3 Å². The summed E-state index contributed by atoms with van der Waals surface area (Å²) in [6, 6.07) is 6.61. The van der Waals surface area contributed by atoms with Gasteiger partial charge in [-0.1, -0.05) is 13.8 Å². The van der Waals surface area contributed by atoms with Gasteiger partial charge in [0.15, 0.2) is 9.84 Å². The molecule has 0 saturated heterocycles. The summed E-state index contributed by atoms with van der Waals surface area (Å²) in [5, 5.41) is 15.6. The third-order valence-electron chi connectivity index (χ3n) is 5.02. The number of benzene rings is 2. The number of halogens is 1. The second-order valence-corrected chi connectivity index (χ2v) is 10.9. The number of hydrogen-bond donors (Lipinski definition) is 1. The fourth-order valence-electron chi connectivity index (χ4n) is 3.35. The zero-order valence-electron chi connectivity index (χ0n) is 17.3. The number of rotatable bonds is 7. The van der Waals surface area contributed by atoms with Gasteiger partial charge in [-0.25, -0.2) is 21.2 Å². The first-order valence-corrected chi connectivity index (χ1v) is 12.7. The maximum atomic E-state index is 13.7. The molecule has 3 rings (SSSR count). The van der Waals surface area contributed by atoms with Crippen LogP contribution in [0.5, 0.6) is 0 Å². The largest absolute Gasteiger partial charge is 0.295 e. The number of hydrazone groups is 1. The lowest BCUT2D eigenvalue weighted by atomic mass is 10.1. The van der Waals surface area contributed by atoms with Crippen LogP contribution >= 0.6 is 0 Å². The zero-order chi connectivity index (χ0) is 23.7. The van der Waals surface area contributed by atoms with E-state index in [-0.39, 0.29) is 52.0 Å². The molecule has 0 aromatic heterocycles. The molecule has 0 bridgehead atoms. The molecule has 0 aliphatic carbocycles. The molecule has 2 aromatic carbocycles. The van der Waals surface area contributed by atoms with Gasteiger partial charge in [0.05, 0.1) is 26.2 Å². The smallest absolute Gasteiger partial charge is 0.271 e. The van der Waals surface area contributed by atoms with Crippen LogP contribution in [0.3, 0.4) is 0 Å². The van der Waals surface area contributed by atoms with E-state index >= 15 is 0 Å². The molecular weight excluding hydrogens is 463 g/mol. The van der Waals surface area contributed by atoms with Crippen molar-refractivity contribution in [1.29, 1.82) is 0 Å². The Morgan fingerprint density at radius 3 is 2.50 bits per heavy atom. The van der Waals surface area contributed by atoms with Gasteiger partial charge in [0.25, 0.3) is 5.69 Å². The fraction of sp³-hybridized carbons (Fsp3) is 0.316. The Hall–Kier alpha value is -2.90. The summed E-state index contributed by atoms with van der Waals surface area (Å²) in [6.45, 7) is 3.73. The topological polar surface area (TPSA) is 139 Å². The van der Waals surface area contributed by atoms with Crippen molar-refractivity contribution in [2.24, 2.45) is 5.10 Å². The molecule has 10 nitrogen and oxygen atoms in total. The number of nitro benzene ring substituents is 1. The third-order valence-corrected chi connectivity index (χ3v) is 8.83. The van der Waals surface area contributed by atoms with E-state index in [0.29, 0.717) is 0 Å². The maximum absolute atomic E-state index is 13.7. The van der Waals surface area contributed by atoms with Crippen molar-refractivity contribution >= 4 is 36.9 Å². The molecule has 0 spiro atoms. The fourth-order valence-corrected chi connectivity index (χ4v) is 6.30. The summed E-state index contributed by atoms with van der Waals surface area (Å²) in [7, 11) is -7.50. The van der Waals surface area contributed by atoms with Crippen LogP contribution in [-0.2, 0) is 19.9 Å². The molecule has 13 heteroatoms. The molecule has 0 amide bonds. The highest BCUT2D eigenvalue weighted by molar-refractivity contribution is 7.91. The molecule has 1 heterocycles. The van der Waals surface area contributed by atoms with Crippen LogP contribution in [0.25, 0.3) is 0 Å². The number of anilines is 1. The van der Waals surface area contributed by atoms with E-state index in [1.165, 1.54) is 16.4 Å². The van der Waals surface area contributed by atoms with E-state index in [4.69, 9.17) is 0 Å².